The monoisotopic (exact) mass is 103 g/mol. The fourth-order valence-electron chi connectivity index (χ4n) is 0.193. The van der Waals surface area contributed by atoms with Crippen molar-refractivity contribution in [1.29, 1.82) is 5.41 Å². The van der Waals surface area contributed by atoms with Gasteiger partial charge in [-0.3, -0.25) is 0 Å². The zero-order valence-corrected chi connectivity index (χ0v) is 4.54. The maximum atomic E-state index is 6.55. The molecule has 36 valence electrons. The molecular formula is C4H9NS. The maximum absolute atomic E-state index is 6.55. The lowest BCUT2D eigenvalue weighted by Gasteiger charge is -1.80. The van der Waals surface area contributed by atoms with Gasteiger partial charge in [-0.15, -0.1) is 0 Å². The van der Waals surface area contributed by atoms with E-state index in [1.165, 1.54) is 6.21 Å². The van der Waals surface area contributed by atoms with Crippen molar-refractivity contribution in [3.05, 3.63) is 0 Å². The van der Waals surface area contributed by atoms with Crippen LogP contribution in [0.25, 0.3) is 0 Å². The number of rotatable bonds is 3. The minimum atomic E-state index is 0.878. The summed E-state index contributed by atoms with van der Waals surface area (Å²) in [6.07, 6.45) is 3.33. The van der Waals surface area contributed by atoms with Crippen LogP contribution in [0.15, 0.2) is 0 Å². The molecule has 1 nitrogen and oxygen atoms in total. The Hall–Kier alpha value is 0.0200. The van der Waals surface area contributed by atoms with Crippen LogP contribution in [0, 0.1) is 5.41 Å². The molecule has 0 amide bonds. The SMILES string of the molecule is N=CCCCS. The van der Waals surface area contributed by atoms with Crippen molar-refractivity contribution < 1.29 is 0 Å². The average Bonchev–Trinajstić information content (AvgIpc) is 1.61. The van der Waals surface area contributed by atoms with E-state index in [4.69, 9.17) is 5.41 Å². The van der Waals surface area contributed by atoms with Gasteiger partial charge >= 0.3 is 0 Å². The highest BCUT2D eigenvalue weighted by molar-refractivity contribution is 7.80. The smallest absolute Gasteiger partial charge is 0.00474 e. The molecule has 0 heterocycles. The molecule has 0 spiro atoms. The number of hydrogen-bond acceptors (Lipinski definition) is 2. The molecule has 0 aromatic rings. The van der Waals surface area contributed by atoms with E-state index in [1.807, 2.05) is 0 Å². The Labute approximate surface area is 43.7 Å². The zero-order chi connectivity index (χ0) is 4.83. The Morgan fingerprint density at radius 2 is 2.33 bits per heavy atom. The molecule has 0 aliphatic rings. The largest absolute Gasteiger partial charge is 0.313 e. The van der Waals surface area contributed by atoms with Gasteiger partial charge in [-0.05, 0) is 24.8 Å². The van der Waals surface area contributed by atoms with Crippen LogP contribution in [0.2, 0.25) is 0 Å². The lowest BCUT2D eigenvalue weighted by molar-refractivity contribution is 1.02. The first kappa shape index (κ1) is 6.02. The molecule has 0 bridgehead atoms. The molecule has 6 heavy (non-hydrogen) atoms. The van der Waals surface area contributed by atoms with Crippen LogP contribution in [-0.2, 0) is 0 Å². The Morgan fingerprint density at radius 1 is 1.67 bits per heavy atom. The topological polar surface area (TPSA) is 23.9 Å². The molecule has 0 fully saturated rings. The van der Waals surface area contributed by atoms with Crippen molar-refractivity contribution in [3.63, 3.8) is 0 Å². The molecule has 0 saturated heterocycles. The molecule has 0 aromatic heterocycles. The molecule has 0 aliphatic carbocycles. The lowest BCUT2D eigenvalue weighted by atomic mass is 10.4. The summed E-state index contributed by atoms with van der Waals surface area (Å²) in [4.78, 5) is 0. The van der Waals surface area contributed by atoms with Gasteiger partial charge in [-0.2, -0.15) is 12.6 Å². The third-order valence-electron chi connectivity index (χ3n) is 0.507. The quantitative estimate of drug-likeness (QED) is 0.306. The van der Waals surface area contributed by atoms with Gasteiger partial charge in [0, 0.05) is 0 Å². The van der Waals surface area contributed by atoms with E-state index in [2.05, 4.69) is 12.6 Å². The summed E-state index contributed by atoms with van der Waals surface area (Å²) in [5.74, 6) is 0.898. The van der Waals surface area contributed by atoms with E-state index < -0.39 is 0 Å². The van der Waals surface area contributed by atoms with Gasteiger partial charge < -0.3 is 5.41 Å². The zero-order valence-electron chi connectivity index (χ0n) is 3.65. The molecule has 0 radical (unpaired) electrons. The minimum absolute atomic E-state index is 0.878. The summed E-state index contributed by atoms with van der Waals surface area (Å²) in [6.45, 7) is 0. The summed E-state index contributed by atoms with van der Waals surface area (Å²) in [5, 5.41) is 6.55. The van der Waals surface area contributed by atoms with Crippen LogP contribution in [0.1, 0.15) is 12.8 Å². The van der Waals surface area contributed by atoms with Gasteiger partial charge in [-0.25, -0.2) is 0 Å². The van der Waals surface area contributed by atoms with Crippen LogP contribution < -0.4 is 0 Å². The van der Waals surface area contributed by atoms with Crippen LogP contribution in [0.4, 0.5) is 0 Å². The van der Waals surface area contributed by atoms with Crippen molar-refractivity contribution in [2.24, 2.45) is 0 Å². The molecule has 1 N–H and O–H groups in total. The van der Waals surface area contributed by atoms with Crippen molar-refractivity contribution in [2.45, 2.75) is 12.8 Å². The normalized spacial score (nSPS) is 8.17. The van der Waals surface area contributed by atoms with Crippen molar-refractivity contribution >= 4 is 18.8 Å². The fraction of sp³-hybridized carbons (Fsp3) is 0.750. The Balaban J connectivity index is 2.49. The van der Waals surface area contributed by atoms with E-state index >= 15 is 0 Å². The van der Waals surface area contributed by atoms with E-state index in [9.17, 15) is 0 Å². The average molecular weight is 103 g/mol. The highest BCUT2D eigenvalue weighted by Crippen LogP contribution is 1.84. The molecule has 0 atom stereocenters. The minimum Gasteiger partial charge on any atom is -0.313 e. The Kier molecular flexibility index (Phi) is 5.04. The summed E-state index contributed by atoms with van der Waals surface area (Å²) in [5.41, 5.74) is 0. The predicted molar refractivity (Wildman–Crippen MR) is 31.9 cm³/mol. The first-order valence-electron chi connectivity index (χ1n) is 2.01. The summed E-state index contributed by atoms with van der Waals surface area (Å²) in [6, 6.07) is 0. The van der Waals surface area contributed by atoms with E-state index in [0.717, 1.165) is 18.6 Å². The fourth-order valence-corrected chi connectivity index (χ4v) is 0.376. The molecular weight excluding hydrogens is 94.1 g/mol. The van der Waals surface area contributed by atoms with Crippen molar-refractivity contribution in [3.8, 4) is 0 Å². The molecule has 0 unspecified atom stereocenters. The molecule has 0 aliphatic heterocycles. The standard InChI is InChI=1S/C4H9NS/c5-3-1-2-4-6/h3,5-6H,1-2,4H2. The van der Waals surface area contributed by atoms with Gasteiger partial charge in [-0.1, -0.05) is 0 Å². The van der Waals surface area contributed by atoms with Gasteiger partial charge in [0.1, 0.15) is 0 Å². The number of nitrogens with one attached hydrogen (secondary N) is 1. The van der Waals surface area contributed by atoms with E-state index in [0.29, 0.717) is 0 Å². The second-order valence-corrected chi connectivity index (χ2v) is 1.52. The van der Waals surface area contributed by atoms with Gasteiger partial charge in [0.25, 0.3) is 0 Å². The highest BCUT2D eigenvalue weighted by atomic mass is 32.1. The van der Waals surface area contributed by atoms with Crippen LogP contribution >= 0.6 is 12.6 Å². The second kappa shape index (κ2) is 5.02. The first-order chi connectivity index (χ1) is 2.91. The molecule has 0 saturated carbocycles. The van der Waals surface area contributed by atoms with Crippen molar-refractivity contribution in [2.75, 3.05) is 5.75 Å². The lowest BCUT2D eigenvalue weighted by Crippen LogP contribution is -1.73. The molecule has 0 rings (SSSR count). The number of thiol groups is 1. The van der Waals surface area contributed by atoms with Crippen molar-refractivity contribution in [1.82, 2.24) is 0 Å². The van der Waals surface area contributed by atoms with Crippen LogP contribution in [-0.4, -0.2) is 12.0 Å². The van der Waals surface area contributed by atoms with Gasteiger partial charge in [0.15, 0.2) is 0 Å². The number of unbranched alkanes of at least 4 members (excludes halogenated alkanes) is 1. The predicted octanol–water partition coefficient (Wildman–Crippen LogP) is 1.35. The van der Waals surface area contributed by atoms with Crippen LogP contribution in [0.5, 0.6) is 0 Å². The summed E-state index contributed by atoms with van der Waals surface area (Å²) < 4.78 is 0. The maximum Gasteiger partial charge on any atom is -0.00474 e. The van der Waals surface area contributed by atoms with Crippen LogP contribution in [0.3, 0.4) is 0 Å². The summed E-state index contributed by atoms with van der Waals surface area (Å²) >= 11 is 3.95. The first-order valence-corrected chi connectivity index (χ1v) is 2.65. The van der Waals surface area contributed by atoms with Gasteiger partial charge in [0.2, 0.25) is 0 Å². The van der Waals surface area contributed by atoms with E-state index in [-0.39, 0.29) is 0 Å². The molecule has 0 aromatic carbocycles. The third-order valence-corrected chi connectivity index (χ3v) is 0.823. The second-order valence-electron chi connectivity index (χ2n) is 1.07. The van der Waals surface area contributed by atoms with Gasteiger partial charge in [0.05, 0.1) is 0 Å². The molecule has 2 heteroatoms. The number of hydrogen-bond donors (Lipinski definition) is 2. The van der Waals surface area contributed by atoms with E-state index in [1.54, 1.807) is 0 Å². The Morgan fingerprint density at radius 3 is 2.50 bits per heavy atom. The Bertz CT molecular complexity index is 36.5. The third kappa shape index (κ3) is 4.02. The highest BCUT2D eigenvalue weighted by Gasteiger charge is 1.73. The summed E-state index contributed by atoms with van der Waals surface area (Å²) in [7, 11) is 0.